The first kappa shape index (κ1) is 12.6. The van der Waals surface area contributed by atoms with E-state index in [-0.39, 0.29) is 12.3 Å². The Bertz CT molecular complexity index is 341. The molecule has 0 amide bonds. The molecule has 0 radical (unpaired) electrons. The number of aromatic nitrogens is 1. The van der Waals surface area contributed by atoms with Gasteiger partial charge in [0.2, 0.25) is 0 Å². The zero-order valence-electron chi connectivity index (χ0n) is 9.18. The average molecular weight is 225 g/mol. The summed E-state index contributed by atoms with van der Waals surface area (Å²) in [6, 6.07) is 3.40. The molecule has 1 heterocycles. The van der Waals surface area contributed by atoms with Crippen molar-refractivity contribution in [2.45, 2.75) is 13.0 Å². The molecule has 0 aromatic carbocycles. The highest BCUT2D eigenvalue weighted by atomic mass is 16.5. The molecular formula is C11H15NO4. The number of rotatable bonds is 7. The molecule has 0 saturated heterocycles. The minimum atomic E-state index is -1.03. The molecular weight excluding hydrogens is 210 g/mol. The number of carbonyl (C=O) groups is 1. The Morgan fingerprint density at radius 3 is 3.00 bits per heavy atom. The number of carboxylic acid groups (broad SMARTS) is 1. The van der Waals surface area contributed by atoms with Crippen molar-refractivity contribution in [1.82, 2.24) is 4.98 Å². The van der Waals surface area contributed by atoms with E-state index in [2.05, 4.69) is 4.98 Å². The van der Waals surface area contributed by atoms with Crippen LogP contribution in [0.5, 0.6) is 0 Å². The normalized spacial score (nSPS) is 10.3. The SMILES string of the molecule is COCCCOCc1cccnc1C(=O)O. The van der Waals surface area contributed by atoms with Gasteiger partial charge in [-0.05, 0) is 12.5 Å². The highest BCUT2D eigenvalue weighted by Crippen LogP contribution is 2.07. The van der Waals surface area contributed by atoms with Crippen LogP contribution >= 0.6 is 0 Å². The molecule has 88 valence electrons. The minimum absolute atomic E-state index is 0.0502. The molecule has 16 heavy (non-hydrogen) atoms. The van der Waals surface area contributed by atoms with Crippen LogP contribution in [0.3, 0.4) is 0 Å². The minimum Gasteiger partial charge on any atom is -0.477 e. The summed E-state index contributed by atoms with van der Waals surface area (Å²) < 4.78 is 10.2. The summed E-state index contributed by atoms with van der Waals surface area (Å²) in [5.74, 6) is -1.03. The van der Waals surface area contributed by atoms with Gasteiger partial charge in [0.15, 0.2) is 5.69 Å². The van der Waals surface area contributed by atoms with Gasteiger partial charge in [-0.1, -0.05) is 6.07 Å². The van der Waals surface area contributed by atoms with Crippen molar-refractivity contribution in [3.8, 4) is 0 Å². The van der Waals surface area contributed by atoms with Gasteiger partial charge in [0.05, 0.1) is 6.61 Å². The summed E-state index contributed by atoms with van der Waals surface area (Å²) in [5.41, 5.74) is 0.640. The third-order valence-electron chi connectivity index (χ3n) is 1.99. The van der Waals surface area contributed by atoms with Gasteiger partial charge in [-0.15, -0.1) is 0 Å². The second-order valence-electron chi connectivity index (χ2n) is 3.22. The number of hydrogen-bond acceptors (Lipinski definition) is 4. The first-order chi connectivity index (χ1) is 7.75. The fourth-order valence-corrected chi connectivity index (χ4v) is 1.24. The van der Waals surface area contributed by atoms with Gasteiger partial charge in [-0.25, -0.2) is 9.78 Å². The van der Waals surface area contributed by atoms with Crippen LogP contribution in [0.1, 0.15) is 22.5 Å². The smallest absolute Gasteiger partial charge is 0.354 e. The highest BCUT2D eigenvalue weighted by molar-refractivity contribution is 5.86. The second-order valence-corrected chi connectivity index (χ2v) is 3.22. The summed E-state index contributed by atoms with van der Waals surface area (Å²) in [6.07, 6.45) is 2.25. The van der Waals surface area contributed by atoms with Crippen molar-refractivity contribution in [3.05, 3.63) is 29.6 Å². The maximum atomic E-state index is 10.8. The van der Waals surface area contributed by atoms with Crippen molar-refractivity contribution in [1.29, 1.82) is 0 Å². The molecule has 0 aliphatic rings. The van der Waals surface area contributed by atoms with Crippen molar-refractivity contribution in [2.24, 2.45) is 0 Å². The maximum Gasteiger partial charge on any atom is 0.354 e. The summed E-state index contributed by atoms with van der Waals surface area (Å²) in [6.45, 7) is 1.44. The summed E-state index contributed by atoms with van der Waals surface area (Å²) in [5, 5.41) is 8.87. The van der Waals surface area contributed by atoms with Crippen molar-refractivity contribution < 1.29 is 19.4 Å². The summed E-state index contributed by atoms with van der Waals surface area (Å²) in [7, 11) is 1.63. The molecule has 5 heteroatoms. The maximum absolute atomic E-state index is 10.8. The van der Waals surface area contributed by atoms with Crippen LogP contribution in [-0.2, 0) is 16.1 Å². The van der Waals surface area contributed by atoms with Gasteiger partial charge < -0.3 is 14.6 Å². The predicted octanol–water partition coefficient (Wildman–Crippen LogP) is 1.33. The van der Waals surface area contributed by atoms with Gasteiger partial charge in [-0.2, -0.15) is 0 Å². The molecule has 0 aliphatic carbocycles. The largest absolute Gasteiger partial charge is 0.477 e. The van der Waals surface area contributed by atoms with Gasteiger partial charge >= 0.3 is 5.97 Å². The number of aromatic carboxylic acids is 1. The van der Waals surface area contributed by atoms with Crippen LogP contribution in [-0.4, -0.2) is 36.4 Å². The second kappa shape index (κ2) is 6.92. The van der Waals surface area contributed by atoms with Crippen LogP contribution in [0.15, 0.2) is 18.3 Å². The van der Waals surface area contributed by atoms with Crippen molar-refractivity contribution in [2.75, 3.05) is 20.3 Å². The number of nitrogens with zero attached hydrogens (tertiary/aromatic N) is 1. The molecule has 5 nitrogen and oxygen atoms in total. The van der Waals surface area contributed by atoms with Crippen LogP contribution in [0, 0.1) is 0 Å². The highest BCUT2D eigenvalue weighted by Gasteiger charge is 2.10. The van der Waals surface area contributed by atoms with Gasteiger partial charge in [0.25, 0.3) is 0 Å². The fraction of sp³-hybridized carbons (Fsp3) is 0.455. The first-order valence-corrected chi connectivity index (χ1v) is 4.99. The predicted molar refractivity (Wildman–Crippen MR) is 57.3 cm³/mol. The number of hydrogen-bond donors (Lipinski definition) is 1. The zero-order valence-corrected chi connectivity index (χ0v) is 9.18. The number of ether oxygens (including phenoxy) is 2. The molecule has 0 aliphatic heterocycles. The fourth-order valence-electron chi connectivity index (χ4n) is 1.24. The molecule has 1 rings (SSSR count). The van der Waals surface area contributed by atoms with E-state index in [0.29, 0.717) is 18.8 Å². The van der Waals surface area contributed by atoms with Gasteiger partial charge in [0, 0.05) is 32.1 Å². The van der Waals surface area contributed by atoms with Gasteiger partial charge in [0.1, 0.15) is 0 Å². The lowest BCUT2D eigenvalue weighted by molar-refractivity contribution is 0.0673. The number of methoxy groups -OCH3 is 1. The van der Waals surface area contributed by atoms with E-state index < -0.39 is 5.97 Å². The lowest BCUT2D eigenvalue weighted by Gasteiger charge is -2.06. The Morgan fingerprint density at radius 1 is 1.50 bits per heavy atom. The topological polar surface area (TPSA) is 68.7 Å². The quantitative estimate of drug-likeness (QED) is 0.709. The van der Waals surface area contributed by atoms with E-state index in [9.17, 15) is 4.79 Å². The van der Waals surface area contributed by atoms with Crippen molar-refractivity contribution in [3.63, 3.8) is 0 Å². The Balaban J connectivity index is 2.44. The molecule has 1 aromatic rings. The Labute approximate surface area is 94.0 Å². The van der Waals surface area contributed by atoms with Crippen LogP contribution in [0.4, 0.5) is 0 Å². The number of pyridine rings is 1. The van der Waals surface area contributed by atoms with Crippen LogP contribution < -0.4 is 0 Å². The average Bonchev–Trinajstić information content (AvgIpc) is 2.29. The molecule has 0 unspecified atom stereocenters. The van der Waals surface area contributed by atoms with Crippen LogP contribution in [0.2, 0.25) is 0 Å². The van der Waals surface area contributed by atoms with Crippen molar-refractivity contribution >= 4 is 5.97 Å². The lowest BCUT2D eigenvalue weighted by Crippen LogP contribution is -2.07. The van der Waals surface area contributed by atoms with E-state index in [4.69, 9.17) is 14.6 Å². The van der Waals surface area contributed by atoms with E-state index in [1.54, 1.807) is 19.2 Å². The molecule has 1 aromatic heterocycles. The molecule has 0 spiro atoms. The summed E-state index contributed by atoms with van der Waals surface area (Å²) >= 11 is 0. The van der Waals surface area contributed by atoms with E-state index in [1.807, 2.05) is 0 Å². The molecule has 0 bridgehead atoms. The lowest BCUT2D eigenvalue weighted by atomic mass is 10.2. The van der Waals surface area contributed by atoms with Crippen LogP contribution in [0.25, 0.3) is 0 Å². The Morgan fingerprint density at radius 2 is 2.31 bits per heavy atom. The first-order valence-electron chi connectivity index (χ1n) is 4.99. The molecule has 1 N–H and O–H groups in total. The zero-order chi connectivity index (χ0) is 11.8. The summed E-state index contributed by atoms with van der Waals surface area (Å²) in [4.78, 5) is 14.6. The van der Waals surface area contributed by atoms with E-state index >= 15 is 0 Å². The van der Waals surface area contributed by atoms with Gasteiger partial charge in [-0.3, -0.25) is 0 Å². The van der Waals surface area contributed by atoms with E-state index in [0.717, 1.165) is 6.42 Å². The monoisotopic (exact) mass is 225 g/mol. The Hall–Kier alpha value is -1.46. The van der Waals surface area contributed by atoms with E-state index in [1.165, 1.54) is 6.20 Å². The third-order valence-corrected chi connectivity index (χ3v) is 1.99. The Kier molecular flexibility index (Phi) is 5.45. The standard InChI is InChI=1S/C11H15NO4/c1-15-6-3-7-16-8-9-4-2-5-12-10(9)11(13)14/h2,4-5H,3,6-8H2,1H3,(H,13,14). The molecule has 0 fully saturated rings. The molecule has 0 saturated carbocycles. The third kappa shape index (κ3) is 3.96. The molecule has 0 atom stereocenters. The number of carboxylic acids is 1.